The van der Waals surface area contributed by atoms with Crippen molar-refractivity contribution in [1.82, 2.24) is 30.6 Å². The summed E-state index contributed by atoms with van der Waals surface area (Å²) in [5.41, 5.74) is 2.14. The molecule has 0 spiro atoms. The molecule has 2 N–H and O–H groups in total. The zero-order valence-electron chi connectivity index (χ0n) is 9.88. The molecule has 0 saturated heterocycles. The number of nitrogens with one attached hydrogen (secondary N) is 2. The molecule has 0 fully saturated rings. The van der Waals surface area contributed by atoms with Gasteiger partial charge < -0.3 is 5.32 Å². The summed E-state index contributed by atoms with van der Waals surface area (Å²) < 4.78 is 1.05. The Labute approximate surface area is 107 Å². The number of hydrogen-bond donors (Lipinski definition) is 2. The second-order valence-electron chi connectivity index (χ2n) is 3.95. The highest BCUT2D eigenvalue weighted by molar-refractivity contribution is 7.18. The van der Waals surface area contributed by atoms with E-state index in [9.17, 15) is 0 Å². The molecule has 3 rings (SSSR count). The maximum absolute atomic E-state index is 4.28. The van der Waals surface area contributed by atoms with Crippen molar-refractivity contribution in [2.24, 2.45) is 0 Å². The highest BCUT2D eigenvalue weighted by Gasteiger charge is 2.14. The fourth-order valence-corrected chi connectivity index (χ4v) is 2.65. The molecule has 0 bridgehead atoms. The molecular formula is C10H11N7S. The Morgan fingerprint density at radius 2 is 2.28 bits per heavy atom. The van der Waals surface area contributed by atoms with E-state index in [2.05, 4.69) is 41.3 Å². The van der Waals surface area contributed by atoms with Crippen LogP contribution in [0.25, 0.3) is 10.2 Å². The number of aryl methyl sites for hydroxylation is 1. The van der Waals surface area contributed by atoms with Crippen LogP contribution >= 0.6 is 11.3 Å². The average Bonchev–Trinajstić information content (AvgIpc) is 3.00. The Balaban J connectivity index is 1.95. The minimum atomic E-state index is -0.0655. The van der Waals surface area contributed by atoms with Gasteiger partial charge in [0.05, 0.1) is 16.3 Å². The van der Waals surface area contributed by atoms with E-state index in [-0.39, 0.29) is 6.04 Å². The Kier molecular flexibility index (Phi) is 2.63. The van der Waals surface area contributed by atoms with Gasteiger partial charge in [0.15, 0.2) is 5.82 Å². The molecule has 1 atom stereocenters. The summed E-state index contributed by atoms with van der Waals surface area (Å²) >= 11 is 1.63. The van der Waals surface area contributed by atoms with Crippen molar-refractivity contribution in [3.63, 3.8) is 0 Å². The van der Waals surface area contributed by atoms with Crippen molar-refractivity contribution in [1.29, 1.82) is 0 Å². The van der Waals surface area contributed by atoms with Gasteiger partial charge in [-0.05, 0) is 24.8 Å². The first-order valence-corrected chi connectivity index (χ1v) is 6.32. The van der Waals surface area contributed by atoms with Gasteiger partial charge in [-0.3, -0.25) is 0 Å². The molecule has 18 heavy (non-hydrogen) atoms. The van der Waals surface area contributed by atoms with Crippen LogP contribution in [0.4, 0.5) is 5.82 Å². The van der Waals surface area contributed by atoms with E-state index in [1.54, 1.807) is 17.7 Å². The fraction of sp³-hybridized carbons (Fsp3) is 0.300. The van der Waals surface area contributed by atoms with Crippen molar-refractivity contribution in [3.05, 3.63) is 23.1 Å². The molecule has 3 heterocycles. The van der Waals surface area contributed by atoms with Crippen LogP contribution in [0.2, 0.25) is 0 Å². The smallest absolute Gasteiger partial charge is 0.196 e. The number of rotatable bonds is 3. The first-order chi connectivity index (χ1) is 8.75. The second kappa shape index (κ2) is 4.30. The van der Waals surface area contributed by atoms with Crippen molar-refractivity contribution >= 4 is 27.4 Å². The maximum Gasteiger partial charge on any atom is 0.196 e. The van der Waals surface area contributed by atoms with Crippen molar-refractivity contribution < 1.29 is 0 Å². The van der Waals surface area contributed by atoms with Crippen molar-refractivity contribution in [2.45, 2.75) is 19.9 Å². The lowest BCUT2D eigenvalue weighted by molar-refractivity contribution is 0.789. The van der Waals surface area contributed by atoms with Crippen LogP contribution in [-0.4, -0.2) is 30.6 Å². The third kappa shape index (κ3) is 1.80. The summed E-state index contributed by atoms with van der Waals surface area (Å²) in [5, 5.41) is 19.2. The number of aromatic nitrogens is 6. The van der Waals surface area contributed by atoms with Gasteiger partial charge in [0.1, 0.15) is 12.1 Å². The Bertz CT molecular complexity index is 660. The number of fused-ring (bicyclic) bond motifs is 1. The lowest BCUT2D eigenvalue weighted by atomic mass is 10.3. The minimum absolute atomic E-state index is 0.0655. The van der Waals surface area contributed by atoms with Crippen LogP contribution in [-0.2, 0) is 0 Å². The largest absolute Gasteiger partial charge is 0.359 e. The quantitative estimate of drug-likeness (QED) is 0.745. The molecule has 3 aromatic heterocycles. The maximum atomic E-state index is 4.28. The van der Waals surface area contributed by atoms with Crippen LogP contribution in [0.15, 0.2) is 11.7 Å². The Morgan fingerprint density at radius 3 is 3.06 bits per heavy atom. The molecule has 8 heteroatoms. The van der Waals surface area contributed by atoms with Gasteiger partial charge in [-0.1, -0.05) is 5.21 Å². The fourth-order valence-electron chi connectivity index (χ4n) is 1.69. The highest BCUT2D eigenvalue weighted by Crippen LogP contribution is 2.29. The molecule has 0 aliphatic carbocycles. The number of nitrogens with zero attached hydrogens (tertiary/aromatic N) is 5. The molecule has 1 unspecified atom stereocenters. The average molecular weight is 261 g/mol. The lowest BCUT2D eigenvalue weighted by Gasteiger charge is -2.10. The van der Waals surface area contributed by atoms with Gasteiger partial charge >= 0.3 is 0 Å². The summed E-state index contributed by atoms with van der Waals surface area (Å²) in [6, 6.07) is -0.0655. The van der Waals surface area contributed by atoms with Crippen molar-refractivity contribution in [2.75, 3.05) is 5.32 Å². The normalized spacial score (nSPS) is 12.8. The molecule has 0 aliphatic heterocycles. The van der Waals surface area contributed by atoms with Gasteiger partial charge in [-0.15, -0.1) is 21.5 Å². The summed E-state index contributed by atoms with van der Waals surface area (Å²) in [6.07, 6.45) is 1.56. The van der Waals surface area contributed by atoms with Gasteiger partial charge in [-0.2, -0.15) is 5.21 Å². The SMILES string of the molecule is Cc1csc2c(NC(C)c3nn[nH]n3)ncnc12. The number of thiophene rings is 1. The van der Waals surface area contributed by atoms with E-state index < -0.39 is 0 Å². The van der Waals surface area contributed by atoms with Gasteiger partial charge in [0.2, 0.25) is 0 Å². The van der Waals surface area contributed by atoms with Gasteiger partial charge in [-0.25, -0.2) is 9.97 Å². The first kappa shape index (κ1) is 11.0. The molecule has 3 aromatic rings. The molecule has 0 radical (unpaired) electrons. The highest BCUT2D eigenvalue weighted by atomic mass is 32.1. The van der Waals surface area contributed by atoms with Crippen LogP contribution in [0, 0.1) is 6.92 Å². The summed E-state index contributed by atoms with van der Waals surface area (Å²) in [6.45, 7) is 4.00. The monoisotopic (exact) mass is 261 g/mol. The van der Waals surface area contributed by atoms with Crippen LogP contribution in [0.5, 0.6) is 0 Å². The van der Waals surface area contributed by atoms with Gasteiger partial charge in [0, 0.05) is 0 Å². The molecule has 0 aromatic carbocycles. The molecule has 0 saturated carbocycles. The molecule has 0 amide bonds. The van der Waals surface area contributed by atoms with Crippen molar-refractivity contribution in [3.8, 4) is 0 Å². The van der Waals surface area contributed by atoms with Crippen LogP contribution in [0.1, 0.15) is 24.4 Å². The molecular weight excluding hydrogens is 250 g/mol. The zero-order chi connectivity index (χ0) is 12.5. The summed E-state index contributed by atoms with van der Waals surface area (Å²) in [5.74, 6) is 1.41. The van der Waals surface area contributed by atoms with E-state index in [1.807, 2.05) is 13.8 Å². The lowest BCUT2D eigenvalue weighted by Crippen LogP contribution is -2.10. The van der Waals surface area contributed by atoms with Gasteiger partial charge in [0.25, 0.3) is 0 Å². The molecule has 92 valence electrons. The minimum Gasteiger partial charge on any atom is -0.359 e. The first-order valence-electron chi connectivity index (χ1n) is 5.44. The summed E-state index contributed by atoms with van der Waals surface area (Å²) in [7, 11) is 0. The number of anilines is 1. The van der Waals surface area contributed by atoms with Crippen LogP contribution < -0.4 is 5.32 Å². The van der Waals surface area contributed by atoms with E-state index in [1.165, 1.54) is 0 Å². The molecule has 0 aliphatic rings. The van der Waals surface area contributed by atoms with E-state index >= 15 is 0 Å². The number of tetrazole rings is 1. The number of hydrogen-bond acceptors (Lipinski definition) is 7. The standard InChI is InChI=1S/C10H11N7S/c1-5-3-18-8-7(5)11-4-12-10(8)13-6(2)9-14-16-17-15-9/h3-4,6H,1-2H3,(H,11,12,13)(H,14,15,16,17). The predicted molar refractivity (Wildman–Crippen MR) is 68.4 cm³/mol. The zero-order valence-corrected chi connectivity index (χ0v) is 10.7. The second-order valence-corrected chi connectivity index (χ2v) is 4.83. The van der Waals surface area contributed by atoms with E-state index in [0.717, 1.165) is 21.6 Å². The van der Waals surface area contributed by atoms with E-state index in [4.69, 9.17) is 0 Å². The summed E-state index contributed by atoms with van der Waals surface area (Å²) in [4.78, 5) is 8.55. The third-order valence-electron chi connectivity index (χ3n) is 2.63. The Hall–Kier alpha value is -2.09. The van der Waals surface area contributed by atoms with Crippen LogP contribution in [0.3, 0.4) is 0 Å². The topological polar surface area (TPSA) is 92.3 Å². The number of H-pyrrole nitrogens is 1. The molecule has 7 nitrogen and oxygen atoms in total. The third-order valence-corrected chi connectivity index (χ3v) is 3.73. The number of aromatic amines is 1. The predicted octanol–water partition coefficient (Wildman–Crippen LogP) is 1.69. The van der Waals surface area contributed by atoms with E-state index in [0.29, 0.717) is 5.82 Å². The Morgan fingerprint density at radius 1 is 1.39 bits per heavy atom.